The smallest absolute Gasteiger partial charge is 0.270 e. The molecule has 1 atom stereocenters. The number of carbonyl (C=O) groups is 2. The highest BCUT2D eigenvalue weighted by Gasteiger charge is 2.51. The standard InChI is InChI=1S/C22H22BrN3O5/c23-16-7-8-19-18(12-16)22(29,21(28)25(19)14-24-9-2-1-3-10-24)13-20(27)15-5-4-6-17(11-15)26(30)31/h4-8,11-12,29H,1-3,9-10,13-14H2. The lowest BCUT2D eigenvalue weighted by Gasteiger charge is -2.31. The number of nitrogens with zero attached hydrogens (tertiary/aromatic N) is 3. The monoisotopic (exact) mass is 487 g/mol. The van der Waals surface area contributed by atoms with Crippen LogP contribution in [0.4, 0.5) is 11.4 Å². The van der Waals surface area contributed by atoms with Crippen molar-refractivity contribution in [2.75, 3.05) is 24.7 Å². The van der Waals surface area contributed by atoms with Gasteiger partial charge in [0, 0.05) is 27.7 Å². The lowest BCUT2D eigenvalue weighted by Crippen LogP contribution is -2.47. The third-order valence-electron chi connectivity index (χ3n) is 5.88. The predicted molar refractivity (Wildman–Crippen MR) is 118 cm³/mol. The molecule has 0 aromatic heterocycles. The van der Waals surface area contributed by atoms with E-state index in [0.717, 1.165) is 32.4 Å². The fourth-order valence-electron chi connectivity index (χ4n) is 4.26. The van der Waals surface area contributed by atoms with E-state index in [1.165, 1.54) is 29.2 Å². The second-order valence-corrected chi connectivity index (χ2v) is 8.90. The fraction of sp³-hybridized carbons (Fsp3) is 0.364. The van der Waals surface area contributed by atoms with Crippen LogP contribution in [0, 0.1) is 10.1 Å². The van der Waals surface area contributed by atoms with E-state index >= 15 is 0 Å². The van der Waals surface area contributed by atoms with Gasteiger partial charge < -0.3 is 5.11 Å². The molecular formula is C22H22BrN3O5. The summed E-state index contributed by atoms with van der Waals surface area (Å²) in [5, 5.41) is 22.5. The van der Waals surface area contributed by atoms with Crippen LogP contribution in [0.3, 0.4) is 0 Å². The first kappa shape index (κ1) is 21.6. The maximum Gasteiger partial charge on any atom is 0.270 e. The normalized spacial score (nSPS) is 21.2. The van der Waals surface area contributed by atoms with Crippen LogP contribution >= 0.6 is 15.9 Å². The van der Waals surface area contributed by atoms with Crippen molar-refractivity contribution in [1.82, 2.24) is 4.90 Å². The first-order valence-electron chi connectivity index (χ1n) is 10.1. The van der Waals surface area contributed by atoms with E-state index in [1.54, 1.807) is 18.2 Å². The maximum atomic E-state index is 13.4. The minimum atomic E-state index is -2.03. The van der Waals surface area contributed by atoms with Gasteiger partial charge in [0.1, 0.15) is 0 Å². The Morgan fingerprint density at radius 3 is 2.61 bits per heavy atom. The molecule has 1 unspecified atom stereocenters. The maximum absolute atomic E-state index is 13.4. The van der Waals surface area contributed by atoms with Gasteiger partial charge in [0.15, 0.2) is 11.4 Å². The molecule has 1 amide bonds. The van der Waals surface area contributed by atoms with Crippen molar-refractivity contribution >= 4 is 39.0 Å². The van der Waals surface area contributed by atoms with Crippen LogP contribution in [0.25, 0.3) is 0 Å². The summed E-state index contributed by atoms with van der Waals surface area (Å²) in [7, 11) is 0. The number of carbonyl (C=O) groups excluding carboxylic acids is 2. The molecule has 31 heavy (non-hydrogen) atoms. The van der Waals surface area contributed by atoms with Gasteiger partial charge in [-0.3, -0.25) is 29.5 Å². The lowest BCUT2D eigenvalue weighted by atomic mass is 9.88. The van der Waals surface area contributed by atoms with E-state index in [1.807, 2.05) is 0 Å². The Hall–Kier alpha value is -2.62. The zero-order valence-electron chi connectivity index (χ0n) is 16.8. The predicted octanol–water partition coefficient (Wildman–Crippen LogP) is 3.61. The van der Waals surface area contributed by atoms with Crippen LogP contribution in [0.15, 0.2) is 46.9 Å². The molecule has 0 aliphatic carbocycles. The van der Waals surface area contributed by atoms with Gasteiger partial charge in [0.25, 0.3) is 11.6 Å². The Morgan fingerprint density at radius 1 is 1.16 bits per heavy atom. The van der Waals surface area contributed by atoms with Gasteiger partial charge >= 0.3 is 0 Å². The number of anilines is 1. The molecule has 4 rings (SSSR count). The Labute approximate surface area is 187 Å². The minimum Gasteiger partial charge on any atom is -0.375 e. The van der Waals surface area contributed by atoms with Crippen LogP contribution in [0.1, 0.15) is 41.6 Å². The number of rotatable bonds is 6. The van der Waals surface area contributed by atoms with Gasteiger partial charge in [-0.25, -0.2) is 0 Å². The van der Waals surface area contributed by atoms with Crippen molar-refractivity contribution in [3.63, 3.8) is 0 Å². The van der Waals surface area contributed by atoms with Crippen LogP contribution in [0.5, 0.6) is 0 Å². The zero-order chi connectivity index (χ0) is 22.2. The first-order valence-corrected chi connectivity index (χ1v) is 10.9. The van der Waals surface area contributed by atoms with E-state index in [4.69, 9.17) is 0 Å². The minimum absolute atomic E-state index is 0.0847. The van der Waals surface area contributed by atoms with E-state index in [-0.39, 0.29) is 11.3 Å². The Morgan fingerprint density at radius 2 is 1.90 bits per heavy atom. The third-order valence-corrected chi connectivity index (χ3v) is 6.37. The number of halogens is 1. The summed E-state index contributed by atoms with van der Waals surface area (Å²) in [6.45, 7) is 2.10. The van der Waals surface area contributed by atoms with E-state index in [9.17, 15) is 24.8 Å². The summed E-state index contributed by atoms with van der Waals surface area (Å²) in [6, 6.07) is 10.5. The van der Waals surface area contributed by atoms with E-state index < -0.39 is 28.6 Å². The summed E-state index contributed by atoms with van der Waals surface area (Å²) >= 11 is 3.38. The van der Waals surface area contributed by atoms with Crippen molar-refractivity contribution in [2.24, 2.45) is 0 Å². The molecule has 9 heteroatoms. The molecule has 2 aliphatic rings. The van der Waals surface area contributed by atoms with Crippen LogP contribution < -0.4 is 4.90 Å². The molecule has 0 radical (unpaired) electrons. The number of hydrogen-bond acceptors (Lipinski definition) is 6. The summed E-state index contributed by atoms with van der Waals surface area (Å²) in [4.78, 5) is 40.5. The van der Waals surface area contributed by atoms with Gasteiger partial charge in [-0.05, 0) is 44.1 Å². The number of hydrogen-bond donors (Lipinski definition) is 1. The molecular weight excluding hydrogens is 466 g/mol. The number of non-ortho nitro benzene ring substituents is 1. The number of nitro benzene ring substituents is 1. The molecule has 162 valence electrons. The lowest BCUT2D eigenvalue weighted by molar-refractivity contribution is -0.384. The van der Waals surface area contributed by atoms with Crippen molar-refractivity contribution < 1.29 is 19.6 Å². The van der Waals surface area contributed by atoms with Crippen LogP contribution in [-0.2, 0) is 10.4 Å². The van der Waals surface area contributed by atoms with Crippen molar-refractivity contribution in [1.29, 1.82) is 0 Å². The molecule has 2 heterocycles. The van der Waals surface area contributed by atoms with Crippen molar-refractivity contribution in [2.45, 2.75) is 31.3 Å². The van der Waals surface area contributed by atoms with Gasteiger partial charge in [0.05, 0.1) is 23.7 Å². The molecule has 8 nitrogen and oxygen atoms in total. The highest BCUT2D eigenvalue weighted by atomic mass is 79.9. The number of fused-ring (bicyclic) bond motifs is 1. The zero-order valence-corrected chi connectivity index (χ0v) is 18.4. The van der Waals surface area contributed by atoms with Crippen LogP contribution in [0.2, 0.25) is 0 Å². The number of Topliss-reactive ketones (excluding diaryl/α,β-unsaturated/α-hetero) is 1. The number of ketones is 1. The average molecular weight is 488 g/mol. The second kappa shape index (κ2) is 8.49. The Kier molecular flexibility index (Phi) is 5.92. The molecule has 1 N–H and O–H groups in total. The number of amides is 1. The number of nitro groups is 1. The van der Waals surface area contributed by atoms with Gasteiger partial charge in [-0.15, -0.1) is 0 Å². The van der Waals surface area contributed by atoms with Crippen LogP contribution in [-0.4, -0.2) is 46.4 Å². The number of piperidine rings is 1. The summed E-state index contributed by atoms with van der Waals surface area (Å²) < 4.78 is 0.681. The quantitative estimate of drug-likeness (QED) is 0.379. The second-order valence-electron chi connectivity index (χ2n) is 7.98. The average Bonchev–Trinajstić information content (AvgIpc) is 2.96. The third kappa shape index (κ3) is 4.13. The van der Waals surface area contributed by atoms with Gasteiger partial charge in [-0.1, -0.05) is 34.5 Å². The molecule has 2 aromatic rings. The number of benzene rings is 2. The van der Waals surface area contributed by atoms with Crippen molar-refractivity contribution in [3.05, 3.63) is 68.2 Å². The van der Waals surface area contributed by atoms with Gasteiger partial charge in [-0.2, -0.15) is 0 Å². The largest absolute Gasteiger partial charge is 0.375 e. The molecule has 2 aromatic carbocycles. The molecule has 0 spiro atoms. The topological polar surface area (TPSA) is 104 Å². The SMILES string of the molecule is O=C(CC1(O)C(=O)N(CN2CCCCC2)c2ccc(Br)cc21)c1cccc([N+](=O)[O-])c1. The molecule has 0 saturated carbocycles. The molecule has 1 fully saturated rings. The van der Waals surface area contributed by atoms with Gasteiger partial charge in [0.2, 0.25) is 0 Å². The Bertz CT molecular complexity index is 1050. The van der Waals surface area contributed by atoms with E-state index in [2.05, 4.69) is 20.8 Å². The summed E-state index contributed by atoms with van der Waals surface area (Å²) in [6.07, 6.45) is 2.79. The highest BCUT2D eigenvalue weighted by Crippen LogP contribution is 2.44. The molecule has 2 aliphatic heterocycles. The highest BCUT2D eigenvalue weighted by molar-refractivity contribution is 9.10. The number of aliphatic hydroxyl groups is 1. The molecule has 1 saturated heterocycles. The summed E-state index contributed by atoms with van der Waals surface area (Å²) in [5.41, 5.74) is -1.22. The van der Waals surface area contributed by atoms with E-state index in [0.29, 0.717) is 22.4 Å². The van der Waals surface area contributed by atoms with Crippen molar-refractivity contribution in [3.8, 4) is 0 Å². The first-order chi connectivity index (χ1) is 14.8. The molecule has 0 bridgehead atoms. The fourth-order valence-corrected chi connectivity index (χ4v) is 4.62. The summed E-state index contributed by atoms with van der Waals surface area (Å²) in [5.74, 6) is -1.09. The Balaban J connectivity index is 1.65. The number of likely N-dealkylation sites (tertiary alicyclic amines) is 1.